The molecule has 4 nitrogen and oxygen atoms in total. The van der Waals surface area contributed by atoms with Crippen molar-refractivity contribution in [3.63, 3.8) is 0 Å². The van der Waals surface area contributed by atoms with Crippen molar-refractivity contribution in [2.75, 3.05) is 33.9 Å². The zero-order valence-corrected chi connectivity index (χ0v) is 12.3. The maximum Gasteiger partial charge on any atom is 0.162 e. The van der Waals surface area contributed by atoms with Crippen molar-refractivity contribution in [1.82, 2.24) is 10.2 Å². The SMILES string of the molecule is CN(C)C1(CNC2COC(C)(C)OC2)CCCC1. The van der Waals surface area contributed by atoms with Gasteiger partial charge < -0.3 is 19.7 Å². The van der Waals surface area contributed by atoms with E-state index in [0.717, 1.165) is 19.8 Å². The average Bonchev–Trinajstić information content (AvgIpc) is 2.78. The van der Waals surface area contributed by atoms with Crippen LogP contribution >= 0.6 is 0 Å². The maximum absolute atomic E-state index is 5.69. The van der Waals surface area contributed by atoms with E-state index in [2.05, 4.69) is 24.3 Å². The fourth-order valence-electron chi connectivity index (χ4n) is 2.96. The smallest absolute Gasteiger partial charge is 0.162 e. The molecule has 0 unspecified atom stereocenters. The fraction of sp³-hybridized carbons (Fsp3) is 1.00. The highest BCUT2D eigenvalue weighted by atomic mass is 16.7. The van der Waals surface area contributed by atoms with E-state index in [-0.39, 0.29) is 0 Å². The van der Waals surface area contributed by atoms with Crippen molar-refractivity contribution < 1.29 is 9.47 Å². The van der Waals surface area contributed by atoms with Gasteiger partial charge in [0.2, 0.25) is 0 Å². The van der Waals surface area contributed by atoms with Gasteiger partial charge in [0.1, 0.15) is 0 Å². The predicted molar refractivity (Wildman–Crippen MR) is 72.7 cm³/mol. The van der Waals surface area contributed by atoms with Crippen LogP contribution in [0.5, 0.6) is 0 Å². The van der Waals surface area contributed by atoms with E-state index >= 15 is 0 Å². The van der Waals surface area contributed by atoms with Gasteiger partial charge in [-0.2, -0.15) is 0 Å². The highest BCUT2D eigenvalue weighted by molar-refractivity contribution is 4.95. The first-order valence-electron chi connectivity index (χ1n) is 7.12. The minimum absolute atomic E-state index is 0.329. The third-order valence-electron chi connectivity index (χ3n) is 4.47. The lowest BCUT2D eigenvalue weighted by atomic mass is 9.95. The second-order valence-corrected chi connectivity index (χ2v) is 6.43. The molecule has 0 aromatic heterocycles. The van der Waals surface area contributed by atoms with Crippen LogP contribution in [0.1, 0.15) is 39.5 Å². The van der Waals surface area contributed by atoms with Crippen LogP contribution in [0.15, 0.2) is 0 Å². The van der Waals surface area contributed by atoms with Gasteiger partial charge in [-0.15, -0.1) is 0 Å². The summed E-state index contributed by atoms with van der Waals surface area (Å²) in [5.74, 6) is -0.412. The molecule has 2 rings (SSSR count). The Balaban J connectivity index is 1.80. The van der Waals surface area contributed by atoms with E-state index in [9.17, 15) is 0 Å². The Morgan fingerprint density at radius 3 is 2.17 bits per heavy atom. The molecule has 1 aliphatic heterocycles. The number of likely N-dealkylation sites (N-methyl/N-ethyl adjacent to an activating group) is 1. The summed E-state index contributed by atoms with van der Waals surface area (Å²) in [5.41, 5.74) is 0.340. The second kappa shape index (κ2) is 5.45. The largest absolute Gasteiger partial charge is 0.349 e. The van der Waals surface area contributed by atoms with Gasteiger partial charge in [0, 0.05) is 12.1 Å². The molecule has 0 atom stereocenters. The highest BCUT2D eigenvalue weighted by Crippen LogP contribution is 2.33. The summed E-state index contributed by atoms with van der Waals surface area (Å²) in [5, 5.41) is 3.63. The number of nitrogens with zero attached hydrogens (tertiary/aromatic N) is 1. The Morgan fingerprint density at radius 1 is 1.11 bits per heavy atom. The molecule has 1 N–H and O–H groups in total. The maximum atomic E-state index is 5.69. The van der Waals surface area contributed by atoms with Crippen LogP contribution in [0.25, 0.3) is 0 Å². The molecule has 0 aromatic carbocycles. The van der Waals surface area contributed by atoms with Crippen LogP contribution in [-0.2, 0) is 9.47 Å². The predicted octanol–water partition coefficient (Wildman–Crippen LogP) is 1.60. The summed E-state index contributed by atoms with van der Waals surface area (Å²) < 4.78 is 11.4. The van der Waals surface area contributed by atoms with E-state index in [1.165, 1.54) is 25.7 Å². The number of hydrogen-bond donors (Lipinski definition) is 1. The third-order valence-corrected chi connectivity index (χ3v) is 4.47. The second-order valence-electron chi connectivity index (χ2n) is 6.43. The van der Waals surface area contributed by atoms with Gasteiger partial charge in [-0.1, -0.05) is 12.8 Å². The summed E-state index contributed by atoms with van der Waals surface area (Å²) in [4.78, 5) is 2.39. The average molecular weight is 256 g/mol. The minimum atomic E-state index is -0.412. The molecule has 2 aliphatic rings. The molecule has 0 bridgehead atoms. The molecule has 0 spiro atoms. The number of hydrogen-bond acceptors (Lipinski definition) is 4. The number of rotatable bonds is 4. The van der Waals surface area contributed by atoms with E-state index in [1.807, 2.05) is 13.8 Å². The lowest BCUT2D eigenvalue weighted by Gasteiger charge is -2.40. The Hall–Kier alpha value is -0.160. The molecule has 4 heteroatoms. The summed E-state index contributed by atoms with van der Waals surface area (Å²) in [7, 11) is 4.40. The molecule has 0 aromatic rings. The van der Waals surface area contributed by atoms with Crippen LogP contribution in [0.2, 0.25) is 0 Å². The van der Waals surface area contributed by atoms with Crippen LogP contribution < -0.4 is 5.32 Å². The van der Waals surface area contributed by atoms with Gasteiger partial charge in [-0.3, -0.25) is 0 Å². The zero-order valence-electron chi connectivity index (χ0n) is 12.3. The first-order valence-corrected chi connectivity index (χ1v) is 7.12. The molecule has 106 valence electrons. The first kappa shape index (κ1) is 14.3. The first-order chi connectivity index (χ1) is 8.44. The van der Waals surface area contributed by atoms with Gasteiger partial charge in [-0.05, 0) is 40.8 Å². The van der Waals surface area contributed by atoms with Crippen molar-refractivity contribution in [1.29, 1.82) is 0 Å². The summed E-state index contributed by atoms with van der Waals surface area (Å²) in [6.45, 7) is 6.48. The van der Waals surface area contributed by atoms with Gasteiger partial charge in [0.25, 0.3) is 0 Å². The molecule has 2 fully saturated rings. The standard InChI is InChI=1S/C14H28N2O2/c1-13(2)17-9-12(10-18-13)15-11-14(16(3)4)7-5-6-8-14/h12,15H,5-11H2,1-4H3. The van der Waals surface area contributed by atoms with Crippen molar-refractivity contribution in [2.24, 2.45) is 0 Å². The van der Waals surface area contributed by atoms with Crippen LogP contribution in [0, 0.1) is 0 Å². The summed E-state index contributed by atoms with van der Waals surface area (Å²) in [6, 6.07) is 0.329. The minimum Gasteiger partial charge on any atom is -0.349 e. The quantitative estimate of drug-likeness (QED) is 0.828. The van der Waals surface area contributed by atoms with E-state index in [1.54, 1.807) is 0 Å². The van der Waals surface area contributed by atoms with Gasteiger partial charge >= 0.3 is 0 Å². The summed E-state index contributed by atoms with van der Waals surface area (Å²) >= 11 is 0. The van der Waals surface area contributed by atoms with Gasteiger partial charge in [-0.25, -0.2) is 0 Å². The Morgan fingerprint density at radius 2 is 1.67 bits per heavy atom. The van der Waals surface area contributed by atoms with E-state index in [0.29, 0.717) is 11.6 Å². The molecule has 18 heavy (non-hydrogen) atoms. The lowest BCUT2D eigenvalue weighted by Crippen LogP contribution is -2.55. The number of ether oxygens (including phenoxy) is 2. The molecule has 1 saturated heterocycles. The normalized spacial score (nSPS) is 27.8. The third kappa shape index (κ3) is 3.23. The van der Waals surface area contributed by atoms with E-state index < -0.39 is 5.79 Å². The Kier molecular flexibility index (Phi) is 4.32. The topological polar surface area (TPSA) is 33.7 Å². The van der Waals surface area contributed by atoms with Crippen molar-refractivity contribution in [3.05, 3.63) is 0 Å². The van der Waals surface area contributed by atoms with Crippen LogP contribution in [0.4, 0.5) is 0 Å². The molecule has 0 radical (unpaired) electrons. The van der Waals surface area contributed by atoms with Crippen molar-refractivity contribution in [3.8, 4) is 0 Å². The molecular weight excluding hydrogens is 228 g/mol. The molecule has 1 aliphatic carbocycles. The van der Waals surface area contributed by atoms with Crippen molar-refractivity contribution >= 4 is 0 Å². The highest BCUT2D eigenvalue weighted by Gasteiger charge is 2.37. The zero-order chi connectivity index (χ0) is 13.2. The molecule has 1 saturated carbocycles. The molecule has 1 heterocycles. The Bertz CT molecular complexity index is 263. The monoisotopic (exact) mass is 256 g/mol. The molecule has 0 amide bonds. The summed E-state index contributed by atoms with van der Waals surface area (Å²) in [6.07, 6.45) is 5.30. The molecular formula is C14H28N2O2. The van der Waals surface area contributed by atoms with Crippen LogP contribution in [-0.4, -0.2) is 56.1 Å². The van der Waals surface area contributed by atoms with Gasteiger partial charge in [0.05, 0.1) is 19.3 Å². The van der Waals surface area contributed by atoms with Crippen LogP contribution in [0.3, 0.4) is 0 Å². The van der Waals surface area contributed by atoms with E-state index in [4.69, 9.17) is 9.47 Å². The fourth-order valence-corrected chi connectivity index (χ4v) is 2.96. The van der Waals surface area contributed by atoms with Gasteiger partial charge in [0.15, 0.2) is 5.79 Å². The van der Waals surface area contributed by atoms with Crippen molar-refractivity contribution in [2.45, 2.75) is 56.9 Å². The lowest BCUT2D eigenvalue weighted by molar-refractivity contribution is -0.253. The Labute approximate surface area is 111 Å². The number of nitrogens with one attached hydrogen (secondary N) is 1.